The Morgan fingerprint density at radius 1 is 1.31 bits per heavy atom. The first-order valence-electron chi connectivity index (χ1n) is 4.90. The molecule has 0 bridgehead atoms. The molecule has 0 saturated carbocycles. The first-order valence-corrected chi connectivity index (χ1v) is 6.89. The number of thiophene rings is 1. The molecule has 0 radical (unpaired) electrons. The lowest BCUT2D eigenvalue weighted by Crippen LogP contribution is -1.99. The SMILES string of the molecule is Cc1c(Cl)cccc1NCc1ccc(Br)s1. The smallest absolute Gasteiger partial charge is 0.0702 e. The third-order valence-electron chi connectivity index (χ3n) is 2.35. The van der Waals surface area contributed by atoms with Crippen molar-refractivity contribution in [1.82, 2.24) is 0 Å². The van der Waals surface area contributed by atoms with Gasteiger partial charge >= 0.3 is 0 Å². The van der Waals surface area contributed by atoms with Gasteiger partial charge in [-0.05, 0) is 52.7 Å². The van der Waals surface area contributed by atoms with Crippen molar-refractivity contribution in [2.75, 3.05) is 5.32 Å². The van der Waals surface area contributed by atoms with Gasteiger partial charge in [0.25, 0.3) is 0 Å². The fourth-order valence-electron chi connectivity index (χ4n) is 1.43. The number of nitrogens with one attached hydrogen (secondary N) is 1. The summed E-state index contributed by atoms with van der Waals surface area (Å²) in [5, 5.41) is 4.19. The summed E-state index contributed by atoms with van der Waals surface area (Å²) in [6.07, 6.45) is 0. The minimum Gasteiger partial charge on any atom is -0.380 e. The van der Waals surface area contributed by atoms with Crippen LogP contribution in [-0.4, -0.2) is 0 Å². The third kappa shape index (κ3) is 2.78. The van der Waals surface area contributed by atoms with Crippen LogP contribution < -0.4 is 5.32 Å². The predicted octanol–water partition coefficient (Wildman–Crippen LogP) is 5.08. The van der Waals surface area contributed by atoms with E-state index in [1.807, 2.05) is 25.1 Å². The van der Waals surface area contributed by atoms with Gasteiger partial charge in [0.2, 0.25) is 0 Å². The van der Waals surface area contributed by atoms with E-state index in [1.165, 1.54) is 4.88 Å². The summed E-state index contributed by atoms with van der Waals surface area (Å²) >= 11 is 11.2. The number of halogens is 2. The zero-order valence-electron chi connectivity index (χ0n) is 8.76. The molecule has 2 rings (SSSR count). The minimum absolute atomic E-state index is 0.803. The second kappa shape index (κ2) is 5.21. The van der Waals surface area contributed by atoms with Crippen LogP contribution in [0.25, 0.3) is 0 Å². The average Bonchev–Trinajstić information content (AvgIpc) is 2.67. The fraction of sp³-hybridized carbons (Fsp3) is 0.167. The van der Waals surface area contributed by atoms with E-state index in [2.05, 4.69) is 33.4 Å². The van der Waals surface area contributed by atoms with E-state index in [4.69, 9.17) is 11.6 Å². The molecular weight excluding hydrogens is 306 g/mol. The molecule has 1 nitrogen and oxygen atoms in total. The summed E-state index contributed by atoms with van der Waals surface area (Å²) < 4.78 is 1.16. The van der Waals surface area contributed by atoms with E-state index in [9.17, 15) is 0 Å². The average molecular weight is 317 g/mol. The normalized spacial score (nSPS) is 10.4. The van der Waals surface area contributed by atoms with Gasteiger partial charge in [-0.3, -0.25) is 0 Å². The summed E-state index contributed by atoms with van der Waals surface area (Å²) in [6.45, 7) is 2.85. The van der Waals surface area contributed by atoms with Gasteiger partial charge in [-0.25, -0.2) is 0 Å². The van der Waals surface area contributed by atoms with E-state index in [1.54, 1.807) is 11.3 Å². The van der Waals surface area contributed by atoms with Crippen LogP contribution >= 0.6 is 38.9 Å². The predicted molar refractivity (Wildman–Crippen MR) is 75.5 cm³/mol. The van der Waals surface area contributed by atoms with E-state index in [0.29, 0.717) is 0 Å². The zero-order chi connectivity index (χ0) is 11.5. The summed E-state index contributed by atoms with van der Waals surface area (Å²) in [4.78, 5) is 1.30. The lowest BCUT2D eigenvalue weighted by Gasteiger charge is -2.09. The number of rotatable bonds is 3. The molecule has 1 aromatic carbocycles. The van der Waals surface area contributed by atoms with Gasteiger partial charge in [0.05, 0.1) is 3.79 Å². The van der Waals surface area contributed by atoms with E-state index >= 15 is 0 Å². The topological polar surface area (TPSA) is 12.0 Å². The van der Waals surface area contributed by atoms with Crippen molar-refractivity contribution >= 4 is 44.6 Å². The molecule has 84 valence electrons. The van der Waals surface area contributed by atoms with Gasteiger partial charge in [0.1, 0.15) is 0 Å². The maximum Gasteiger partial charge on any atom is 0.0702 e. The highest BCUT2D eigenvalue weighted by molar-refractivity contribution is 9.11. The highest BCUT2D eigenvalue weighted by Gasteiger charge is 2.02. The standard InChI is InChI=1S/C12H11BrClNS/c1-8-10(14)3-2-4-11(8)15-7-9-5-6-12(13)16-9/h2-6,15H,7H2,1H3. The second-order valence-electron chi connectivity index (χ2n) is 3.47. The van der Waals surface area contributed by atoms with Gasteiger partial charge < -0.3 is 5.32 Å². The molecule has 4 heteroatoms. The van der Waals surface area contributed by atoms with Crippen LogP contribution in [0, 0.1) is 6.92 Å². The van der Waals surface area contributed by atoms with Gasteiger partial charge in [0.15, 0.2) is 0 Å². The van der Waals surface area contributed by atoms with Crippen molar-refractivity contribution in [2.24, 2.45) is 0 Å². The molecule has 0 saturated heterocycles. The van der Waals surface area contributed by atoms with Crippen LogP contribution in [-0.2, 0) is 6.54 Å². The van der Waals surface area contributed by atoms with Crippen LogP contribution in [0.3, 0.4) is 0 Å². The number of hydrogen-bond donors (Lipinski definition) is 1. The van der Waals surface area contributed by atoms with Gasteiger partial charge in [-0.1, -0.05) is 17.7 Å². The molecule has 0 spiro atoms. The molecule has 0 aliphatic carbocycles. The molecule has 2 aromatic rings. The van der Waals surface area contributed by atoms with Crippen LogP contribution in [0.15, 0.2) is 34.1 Å². The molecule has 0 unspecified atom stereocenters. The van der Waals surface area contributed by atoms with Crippen molar-refractivity contribution in [3.63, 3.8) is 0 Å². The second-order valence-corrected chi connectivity index (χ2v) is 6.43. The zero-order valence-corrected chi connectivity index (χ0v) is 11.9. The number of benzene rings is 1. The molecule has 0 amide bonds. The quantitative estimate of drug-likeness (QED) is 0.832. The maximum absolute atomic E-state index is 6.05. The van der Waals surface area contributed by atoms with Gasteiger partial charge in [-0.15, -0.1) is 11.3 Å². The molecular formula is C12H11BrClNS. The maximum atomic E-state index is 6.05. The monoisotopic (exact) mass is 315 g/mol. The van der Waals surface area contributed by atoms with Crippen LogP contribution in [0.4, 0.5) is 5.69 Å². The van der Waals surface area contributed by atoms with Gasteiger partial charge in [-0.2, -0.15) is 0 Å². The molecule has 0 fully saturated rings. The van der Waals surface area contributed by atoms with Crippen LogP contribution in [0.2, 0.25) is 5.02 Å². The Kier molecular flexibility index (Phi) is 3.90. The summed E-state index contributed by atoms with van der Waals surface area (Å²) in [5.41, 5.74) is 2.19. The van der Waals surface area contributed by atoms with Crippen molar-refractivity contribution in [2.45, 2.75) is 13.5 Å². The van der Waals surface area contributed by atoms with E-state index in [-0.39, 0.29) is 0 Å². The van der Waals surface area contributed by atoms with Crippen LogP contribution in [0.5, 0.6) is 0 Å². The Hall–Kier alpha value is -0.510. The minimum atomic E-state index is 0.803. The third-order valence-corrected chi connectivity index (χ3v) is 4.38. The van der Waals surface area contributed by atoms with Gasteiger partial charge in [0, 0.05) is 22.1 Å². The Morgan fingerprint density at radius 3 is 2.81 bits per heavy atom. The first-order chi connectivity index (χ1) is 7.66. The fourth-order valence-corrected chi connectivity index (χ4v) is 3.03. The molecule has 1 N–H and O–H groups in total. The highest BCUT2D eigenvalue weighted by Crippen LogP contribution is 2.26. The van der Waals surface area contributed by atoms with Crippen molar-refractivity contribution in [3.8, 4) is 0 Å². The van der Waals surface area contributed by atoms with Crippen LogP contribution in [0.1, 0.15) is 10.4 Å². The highest BCUT2D eigenvalue weighted by atomic mass is 79.9. The Labute approximate surface area is 113 Å². The van der Waals surface area contributed by atoms with E-state index < -0.39 is 0 Å². The molecule has 1 heterocycles. The summed E-state index contributed by atoms with van der Waals surface area (Å²) in [5.74, 6) is 0. The van der Waals surface area contributed by atoms with E-state index in [0.717, 1.165) is 26.6 Å². The first kappa shape index (κ1) is 12.0. The Balaban J connectivity index is 2.07. The molecule has 0 atom stereocenters. The lowest BCUT2D eigenvalue weighted by molar-refractivity contribution is 1.18. The summed E-state index contributed by atoms with van der Waals surface area (Å²) in [7, 11) is 0. The number of hydrogen-bond acceptors (Lipinski definition) is 2. The molecule has 1 aromatic heterocycles. The Bertz CT molecular complexity index is 496. The molecule has 0 aliphatic rings. The summed E-state index contributed by atoms with van der Waals surface area (Å²) in [6, 6.07) is 10.1. The number of anilines is 1. The van der Waals surface area contributed by atoms with Crippen molar-refractivity contribution in [3.05, 3.63) is 49.6 Å². The molecule has 0 aliphatic heterocycles. The van der Waals surface area contributed by atoms with Crippen molar-refractivity contribution < 1.29 is 0 Å². The largest absolute Gasteiger partial charge is 0.380 e. The Morgan fingerprint density at radius 2 is 2.12 bits per heavy atom. The lowest BCUT2D eigenvalue weighted by atomic mass is 10.2. The molecule has 16 heavy (non-hydrogen) atoms. The van der Waals surface area contributed by atoms with Crippen molar-refractivity contribution in [1.29, 1.82) is 0 Å².